The fraction of sp³-hybridized carbons (Fsp3) is 0.200. The zero-order chi connectivity index (χ0) is 15.5. The lowest BCUT2D eigenvalue weighted by molar-refractivity contribution is 0.598. The van der Waals surface area contributed by atoms with Gasteiger partial charge in [-0.2, -0.15) is 8.42 Å². The number of aryl methyl sites for hydroxylation is 1. The van der Waals surface area contributed by atoms with Crippen LogP contribution in [0.1, 0.15) is 12.5 Å². The van der Waals surface area contributed by atoms with Crippen LogP contribution in [0.2, 0.25) is 0 Å². The molecule has 1 unspecified atom stereocenters. The highest BCUT2D eigenvalue weighted by molar-refractivity contribution is 8.03. The van der Waals surface area contributed by atoms with Crippen molar-refractivity contribution in [2.24, 2.45) is 3.77 Å². The molecule has 0 aliphatic rings. The van der Waals surface area contributed by atoms with Crippen molar-refractivity contribution in [3.05, 3.63) is 60.2 Å². The Balaban J connectivity index is 2.59. The van der Waals surface area contributed by atoms with Gasteiger partial charge < -0.3 is 0 Å². The van der Waals surface area contributed by atoms with Gasteiger partial charge in [-0.15, -0.1) is 3.77 Å². The Bertz CT molecular complexity index is 832. The minimum absolute atomic E-state index is 0.0604. The van der Waals surface area contributed by atoms with Gasteiger partial charge in [0.15, 0.2) is 0 Å². The van der Waals surface area contributed by atoms with Crippen molar-refractivity contribution < 1.29 is 12.6 Å². The van der Waals surface area contributed by atoms with Crippen LogP contribution in [0.3, 0.4) is 0 Å². The summed E-state index contributed by atoms with van der Waals surface area (Å²) in [6, 6.07) is 14.9. The predicted molar refractivity (Wildman–Crippen MR) is 84.2 cm³/mol. The number of hydrogen-bond acceptors (Lipinski definition) is 3. The highest BCUT2D eigenvalue weighted by Crippen LogP contribution is 2.20. The van der Waals surface area contributed by atoms with Gasteiger partial charge in [-0.3, -0.25) is 0 Å². The van der Waals surface area contributed by atoms with Crippen LogP contribution in [-0.2, 0) is 19.8 Å². The maximum atomic E-state index is 12.9. The highest BCUT2D eigenvalue weighted by atomic mass is 32.3. The van der Waals surface area contributed by atoms with E-state index in [0.29, 0.717) is 4.90 Å². The zero-order valence-electron chi connectivity index (χ0n) is 11.9. The molecule has 0 fully saturated rings. The lowest BCUT2D eigenvalue weighted by Gasteiger charge is -2.08. The van der Waals surface area contributed by atoms with Gasteiger partial charge in [0.05, 0.1) is 14.6 Å². The van der Waals surface area contributed by atoms with Crippen LogP contribution < -0.4 is 0 Å². The van der Waals surface area contributed by atoms with E-state index in [0.717, 1.165) is 5.56 Å². The van der Waals surface area contributed by atoms with E-state index in [1.807, 2.05) is 6.92 Å². The normalized spacial score (nSPS) is 14.4. The second-order valence-corrected chi connectivity index (χ2v) is 8.95. The third kappa shape index (κ3) is 3.51. The van der Waals surface area contributed by atoms with E-state index in [2.05, 4.69) is 3.77 Å². The van der Waals surface area contributed by atoms with Gasteiger partial charge in [-0.25, -0.2) is 4.21 Å². The van der Waals surface area contributed by atoms with Crippen molar-refractivity contribution in [2.45, 2.75) is 23.6 Å². The van der Waals surface area contributed by atoms with Gasteiger partial charge in [-0.1, -0.05) is 42.8 Å². The zero-order valence-corrected chi connectivity index (χ0v) is 13.5. The van der Waals surface area contributed by atoms with Crippen LogP contribution >= 0.6 is 0 Å². The molecule has 0 aliphatic heterocycles. The van der Waals surface area contributed by atoms with Crippen LogP contribution in [-0.4, -0.2) is 18.4 Å². The lowest BCUT2D eigenvalue weighted by Crippen LogP contribution is -2.08. The molecule has 0 saturated heterocycles. The van der Waals surface area contributed by atoms with Gasteiger partial charge in [0, 0.05) is 10.6 Å². The summed E-state index contributed by atoms with van der Waals surface area (Å²) in [6.45, 7) is 3.54. The topological polar surface area (TPSA) is 63.6 Å². The molecule has 0 saturated carbocycles. The second kappa shape index (κ2) is 5.99. The maximum absolute atomic E-state index is 12.9. The fourth-order valence-electron chi connectivity index (χ4n) is 1.81. The Morgan fingerprint density at radius 2 is 1.43 bits per heavy atom. The van der Waals surface area contributed by atoms with Gasteiger partial charge in [-0.05, 0) is 31.2 Å². The molecule has 6 heteroatoms. The average molecular weight is 323 g/mol. The molecule has 0 spiro atoms. The van der Waals surface area contributed by atoms with E-state index < -0.39 is 19.8 Å². The third-order valence-corrected chi connectivity index (χ3v) is 7.45. The number of rotatable bonds is 4. The van der Waals surface area contributed by atoms with E-state index >= 15 is 0 Å². The molecule has 2 rings (SSSR count). The van der Waals surface area contributed by atoms with Gasteiger partial charge >= 0.3 is 0 Å². The third-order valence-electron chi connectivity index (χ3n) is 3.04. The molecular formula is C15H17NO3S2. The summed E-state index contributed by atoms with van der Waals surface area (Å²) in [5.74, 6) is 0.141. The molecule has 21 heavy (non-hydrogen) atoms. The molecule has 4 nitrogen and oxygen atoms in total. The molecule has 0 aliphatic carbocycles. The molecule has 0 amide bonds. The Kier molecular flexibility index (Phi) is 4.49. The van der Waals surface area contributed by atoms with Crippen molar-refractivity contribution >= 4 is 19.8 Å². The van der Waals surface area contributed by atoms with Crippen LogP contribution in [0.15, 0.2) is 68.2 Å². The summed E-state index contributed by atoms with van der Waals surface area (Å²) in [6.07, 6.45) is 0. The minimum atomic E-state index is -3.95. The standard InChI is InChI=1S/C15H17NO3S2/c1-3-20(17,14-7-5-4-6-8-14)16-21(18,19)15-11-9-13(2)10-12-15/h4-12H,3H2,1-2H3. The van der Waals surface area contributed by atoms with Crippen molar-refractivity contribution in [2.75, 3.05) is 5.75 Å². The van der Waals surface area contributed by atoms with E-state index in [1.165, 1.54) is 12.1 Å². The molecule has 2 aromatic rings. The van der Waals surface area contributed by atoms with Crippen molar-refractivity contribution in [1.29, 1.82) is 0 Å². The molecule has 0 heterocycles. The van der Waals surface area contributed by atoms with Crippen molar-refractivity contribution in [3.8, 4) is 0 Å². The largest absolute Gasteiger partial charge is 0.290 e. The van der Waals surface area contributed by atoms with Crippen molar-refractivity contribution in [3.63, 3.8) is 0 Å². The SMILES string of the molecule is CCS(=O)(=NS(=O)(=O)c1ccc(C)cc1)c1ccccc1. The Morgan fingerprint density at radius 3 is 1.95 bits per heavy atom. The van der Waals surface area contributed by atoms with Crippen LogP contribution in [0, 0.1) is 6.92 Å². The summed E-state index contributed by atoms with van der Waals surface area (Å²) in [7, 11) is -6.93. The first-order chi connectivity index (χ1) is 9.87. The van der Waals surface area contributed by atoms with Crippen LogP contribution in [0.4, 0.5) is 0 Å². The summed E-state index contributed by atoms with van der Waals surface area (Å²) >= 11 is 0. The van der Waals surface area contributed by atoms with Crippen molar-refractivity contribution in [1.82, 2.24) is 0 Å². The maximum Gasteiger partial charge on any atom is 0.290 e. The molecule has 0 radical (unpaired) electrons. The summed E-state index contributed by atoms with van der Waals surface area (Å²) in [4.78, 5) is 0.494. The van der Waals surface area contributed by atoms with Crippen LogP contribution in [0.25, 0.3) is 0 Å². The minimum Gasteiger partial charge on any atom is -0.244 e. The smallest absolute Gasteiger partial charge is 0.244 e. The van der Waals surface area contributed by atoms with Gasteiger partial charge in [0.25, 0.3) is 10.0 Å². The first kappa shape index (κ1) is 15.7. The molecule has 1 atom stereocenters. The Morgan fingerprint density at radius 1 is 0.857 bits per heavy atom. The first-order valence-electron chi connectivity index (χ1n) is 6.50. The van der Waals surface area contributed by atoms with E-state index in [-0.39, 0.29) is 10.6 Å². The predicted octanol–water partition coefficient (Wildman–Crippen LogP) is 3.23. The van der Waals surface area contributed by atoms with Crippen LogP contribution in [0.5, 0.6) is 0 Å². The molecule has 0 aromatic heterocycles. The number of benzene rings is 2. The average Bonchev–Trinajstić information content (AvgIpc) is 2.48. The van der Waals surface area contributed by atoms with E-state index in [9.17, 15) is 12.6 Å². The van der Waals surface area contributed by atoms with E-state index in [4.69, 9.17) is 0 Å². The summed E-state index contributed by atoms with van der Waals surface area (Å²) < 4.78 is 41.3. The monoisotopic (exact) mass is 323 g/mol. The van der Waals surface area contributed by atoms with E-state index in [1.54, 1.807) is 49.4 Å². The quantitative estimate of drug-likeness (QED) is 0.867. The fourth-order valence-corrected chi connectivity index (χ4v) is 5.58. The second-order valence-electron chi connectivity index (χ2n) is 4.60. The highest BCUT2D eigenvalue weighted by Gasteiger charge is 2.19. The first-order valence-corrected chi connectivity index (χ1v) is 9.63. The summed E-state index contributed by atoms with van der Waals surface area (Å²) in [5.41, 5.74) is 0.952. The Labute approximate surface area is 126 Å². The summed E-state index contributed by atoms with van der Waals surface area (Å²) in [5, 5.41) is 0. The number of hydrogen-bond donors (Lipinski definition) is 0. The molecule has 0 N–H and O–H groups in total. The Hall–Kier alpha value is -1.66. The molecule has 0 bridgehead atoms. The molecular weight excluding hydrogens is 306 g/mol. The van der Waals surface area contributed by atoms with Gasteiger partial charge in [0.2, 0.25) is 0 Å². The number of nitrogens with zero attached hydrogens (tertiary/aromatic N) is 1. The molecule has 2 aromatic carbocycles. The van der Waals surface area contributed by atoms with Gasteiger partial charge in [0.1, 0.15) is 0 Å². The molecule has 112 valence electrons. The number of sulfonamides is 1. The lowest BCUT2D eigenvalue weighted by atomic mass is 10.2.